The maximum atomic E-state index is 13.7. The number of nitrogens with one attached hydrogen (secondary N) is 2. The van der Waals surface area contributed by atoms with E-state index in [9.17, 15) is 4.79 Å². The number of pyridine rings is 1. The Hall–Kier alpha value is -3.92. The van der Waals surface area contributed by atoms with Crippen molar-refractivity contribution in [1.82, 2.24) is 14.8 Å². The quantitative estimate of drug-likeness (QED) is 0.397. The number of rotatable bonds is 5. The van der Waals surface area contributed by atoms with E-state index in [4.69, 9.17) is 14.5 Å². The molecule has 226 valence electrons. The molecule has 1 aromatic carbocycles. The van der Waals surface area contributed by atoms with E-state index in [1.807, 2.05) is 14.0 Å². The Morgan fingerprint density at radius 3 is 2.74 bits per heavy atom. The number of aryl methyl sites for hydroxylation is 2. The van der Waals surface area contributed by atoms with Crippen LogP contribution in [0.25, 0.3) is 11.3 Å². The molecule has 0 spiro atoms. The highest BCUT2D eigenvalue weighted by molar-refractivity contribution is 6.19. The lowest BCUT2D eigenvalue weighted by Crippen LogP contribution is -2.36. The predicted molar refractivity (Wildman–Crippen MR) is 168 cm³/mol. The highest BCUT2D eigenvalue weighted by Crippen LogP contribution is 2.43. The largest absolute Gasteiger partial charge is 0.477 e. The first-order valence-corrected chi connectivity index (χ1v) is 15.8. The van der Waals surface area contributed by atoms with E-state index in [0.29, 0.717) is 41.5 Å². The van der Waals surface area contributed by atoms with Gasteiger partial charge in [-0.3, -0.25) is 9.78 Å². The number of aliphatic imine (C=N–C) groups is 1. The average Bonchev–Trinajstić information content (AvgIpc) is 3.71. The van der Waals surface area contributed by atoms with Gasteiger partial charge in [-0.25, -0.2) is 4.68 Å². The van der Waals surface area contributed by atoms with Crippen LogP contribution in [-0.2, 0) is 11.8 Å². The van der Waals surface area contributed by atoms with Gasteiger partial charge in [0, 0.05) is 50.3 Å². The molecule has 2 bridgehead atoms. The number of ether oxygens (including phenoxy) is 2. The molecule has 7 rings (SSSR count). The van der Waals surface area contributed by atoms with Gasteiger partial charge in [-0.05, 0) is 100.0 Å². The summed E-state index contributed by atoms with van der Waals surface area (Å²) in [6.07, 6.45) is 9.68. The molecule has 1 amide bonds. The molecule has 0 unspecified atom stereocenters. The predicted octanol–water partition coefficient (Wildman–Crippen LogP) is 5.65. The Balaban J connectivity index is 1.19. The van der Waals surface area contributed by atoms with Crippen molar-refractivity contribution in [3.8, 4) is 17.1 Å². The summed E-state index contributed by atoms with van der Waals surface area (Å²) >= 11 is 0. The Morgan fingerprint density at radius 1 is 1.05 bits per heavy atom. The highest BCUT2D eigenvalue weighted by atomic mass is 16.5. The zero-order valence-electron chi connectivity index (χ0n) is 25.1. The van der Waals surface area contributed by atoms with Crippen LogP contribution >= 0.6 is 0 Å². The maximum absolute atomic E-state index is 13.7. The number of amides is 1. The number of anilines is 3. The summed E-state index contributed by atoms with van der Waals surface area (Å²) < 4.78 is 13.5. The van der Waals surface area contributed by atoms with E-state index in [-0.39, 0.29) is 5.91 Å². The van der Waals surface area contributed by atoms with Crippen LogP contribution < -0.4 is 20.3 Å². The summed E-state index contributed by atoms with van der Waals surface area (Å²) in [6, 6.07) is 10.0. The summed E-state index contributed by atoms with van der Waals surface area (Å²) in [7, 11) is 1.87. The summed E-state index contributed by atoms with van der Waals surface area (Å²) in [6.45, 7) is 6.00. The molecule has 1 atom stereocenters. The van der Waals surface area contributed by atoms with Gasteiger partial charge in [-0.15, -0.1) is 0 Å². The lowest BCUT2D eigenvalue weighted by molar-refractivity contribution is 0.0649. The van der Waals surface area contributed by atoms with Crippen LogP contribution in [0.5, 0.6) is 5.88 Å². The van der Waals surface area contributed by atoms with Crippen LogP contribution in [0.1, 0.15) is 61.0 Å². The fourth-order valence-corrected chi connectivity index (χ4v) is 6.67. The first-order valence-electron chi connectivity index (χ1n) is 15.8. The summed E-state index contributed by atoms with van der Waals surface area (Å²) in [5.41, 5.74) is 5.80. The molecule has 3 aliphatic heterocycles. The third-order valence-corrected chi connectivity index (χ3v) is 9.24. The van der Waals surface area contributed by atoms with E-state index in [1.54, 1.807) is 23.0 Å². The molecule has 1 aliphatic carbocycles. The molecule has 4 aliphatic rings. The van der Waals surface area contributed by atoms with E-state index < -0.39 is 0 Å². The van der Waals surface area contributed by atoms with Gasteiger partial charge in [0.05, 0.1) is 35.4 Å². The summed E-state index contributed by atoms with van der Waals surface area (Å²) in [4.78, 5) is 25.3. The van der Waals surface area contributed by atoms with Gasteiger partial charge in [-0.2, -0.15) is 10.1 Å². The van der Waals surface area contributed by atoms with Crippen molar-refractivity contribution in [2.45, 2.75) is 51.9 Å². The minimum absolute atomic E-state index is 0.300. The van der Waals surface area contributed by atoms with Crippen LogP contribution in [0, 0.1) is 24.7 Å². The Bertz CT molecular complexity index is 1520. The SMILES string of the molecule is Cc1cc2cc(n1)-c1cnn(C)c1OCCC[C@@H](C1CC1)CN1/C(=N/C2=O)Nc2cc(NCCC3CCOCC3)ccc21. The van der Waals surface area contributed by atoms with Crippen LogP contribution in [0.2, 0.25) is 0 Å². The second-order valence-electron chi connectivity index (χ2n) is 12.4. The van der Waals surface area contributed by atoms with Crippen molar-refractivity contribution in [1.29, 1.82) is 0 Å². The Labute approximate surface area is 252 Å². The number of fused-ring (bicyclic) bond motifs is 7. The molecule has 1 saturated carbocycles. The van der Waals surface area contributed by atoms with Crippen molar-refractivity contribution in [3.63, 3.8) is 0 Å². The first-order chi connectivity index (χ1) is 21.0. The minimum Gasteiger partial charge on any atom is -0.477 e. The van der Waals surface area contributed by atoms with Crippen molar-refractivity contribution in [2.24, 2.45) is 29.8 Å². The fourth-order valence-electron chi connectivity index (χ4n) is 6.67. The third kappa shape index (κ3) is 6.11. The van der Waals surface area contributed by atoms with Crippen LogP contribution in [0.4, 0.5) is 17.1 Å². The molecule has 1 saturated heterocycles. The number of guanidine groups is 1. The Morgan fingerprint density at radius 2 is 1.91 bits per heavy atom. The van der Waals surface area contributed by atoms with E-state index in [0.717, 1.165) is 92.6 Å². The molecular formula is C33H41N7O3. The molecule has 0 radical (unpaired) electrons. The van der Waals surface area contributed by atoms with Crippen molar-refractivity contribution >= 4 is 28.9 Å². The van der Waals surface area contributed by atoms with Gasteiger partial charge >= 0.3 is 0 Å². The van der Waals surface area contributed by atoms with Crippen molar-refractivity contribution in [2.75, 3.05) is 48.4 Å². The number of aromatic nitrogens is 3. The van der Waals surface area contributed by atoms with Gasteiger partial charge in [0.15, 0.2) is 0 Å². The van der Waals surface area contributed by atoms with Crippen molar-refractivity contribution < 1.29 is 14.3 Å². The lowest BCUT2D eigenvalue weighted by Gasteiger charge is -2.25. The number of carbonyl (C=O) groups is 1. The molecular weight excluding hydrogens is 542 g/mol. The van der Waals surface area contributed by atoms with Crippen LogP contribution in [-0.4, -0.2) is 59.5 Å². The maximum Gasteiger partial charge on any atom is 0.280 e. The zero-order chi connectivity index (χ0) is 29.3. The molecule has 10 heteroatoms. The molecule has 10 nitrogen and oxygen atoms in total. The fraction of sp³-hybridized carbons (Fsp3) is 0.515. The van der Waals surface area contributed by atoms with Gasteiger partial charge < -0.3 is 25.0 Å². The Kier molecular flexibility index (Phi) is 7.78. The lowest BCUT2D eigenvalue weighted by atomic mass is 9.96. The van der Waals surface area contributed by atoms with Gasteiger partial charge in [0.25, 0.3) is 5.91 Å². The van der Waals surface area contributed by atoms with Crippen LogP contribution in [0.3, 0.4) is 0 Å². The molecule has 5 heterocycles. The van der Waals surface area contributed by atoms with Gasteiger partial charge in [0.1, 0.15) is 0 Å². The second kappa shape index (κ2) is 12.0. The molecule has 2 fully saturated rings. The molecule has 3 aromatic rings. The molecule has 43 heavy (non-hydrogen) atoms. The minimum atomic E-state index is -0.300. The normalized spacial score (nSPS) is 22.2. The monoisotopic (exact) mass is 583 g/mol. The zero-order valence-corrected chi connectivity index (χ0v) is 25.1. The average molecular weight is 584 g/mol. The second-order valence-corrected chi connectivity index (χ2v) is 12.4. The first kappa shape index (κ1) is 27.9. The molecule has 2 N–H and O–H groups in total. The highest BCUT2D eigenvalue weighted by Gasteiger charge is 2.36. The standard InChI is InChI=1S/C33H41N7O3/c1-21-16-25-17-28(36-21)27-19-35-39(2)32(27)43-13-3-4-24(23-5-6-23)20-40-30-8-7-26(18-29(30)37-33(40)38-31(25)41)34-12-9-22-10-14-42-15-11-22/h7-8,16-19,22-24,34H,3-6,9-15,20H2,1-2H3,(H,37,38,41)/t24-/m1/s1. The van der Waals surface area contributed by atoms with E-state index in [1.165, 1.54) is 12.8 Å². The van der Waals surface area contributed by atoms with Gasteiger partial charge in [0.2, 0.25) is 11.8 Å². The smallest absolute Gasteiger partial charge is 0.280 e. The molecule has 2 aromatic heterocycles. The van der Waals surface area contributed by atoms with Crippen LogP contribution in [0.15, 0.2) is 41.5 Å². The number of carbonyl (C=O) groups excluding carboxylic acids is 1. The van der Waals surface area contributed by atoms with E-state index >= 15 is 0 Å². The summed E-state index contributed by atoms with van der Waals surface area (Å²) in [5.74, 6) is 2.86. The number of nitrogens with zero attached hydrogens (tertiary/aromatic N) is 5. The van der Waals surface area contributed by atoms with E-state index in [2.05, 4.69) is 43.8 Å². The number of hydrogen-bond acceptors (Lipinski definition) is 8. The van der Waals surface area contributed by atoms with Crippen molar-refractivity contribution in [3.05, 3.63) is 47.8 Å². The third-order valence-electron chi connectivity index (χ3n) is 9.24. The number of benzene rings is 1. The number of hydrogen-bond donors (Lipinski definition) is 2. The van der Waals surface area contributed by atoms with Gasteiger partial charge in [-0.1, -0.05) is 0 Å². The summed E-state index contributed by atoms with van der Waals surface area (Å²) in [5, 5.41) is 11.5. The topological polar surface area (TPSA) is 106 Å².